The Morgan fingerprint density at radius 2 is 1.74 bits per heavy atom. The van der Waals surface area contributed by atoms with Gasteiger partial charge < -0.3 is 26.5 Å². The predicted molar refractivity (Wildman–Crippen MR) is 109 cm³/mol. The largest absolute Gasteiger partial charge is 0.480 e. The van der Waals surface area contributed by atoms with Crippen LogP contribution < -0.4 is 16.4 Å². The summed E-state index contributed by atoms with van der Waals surface area (Å²) in [5.41, 5.74) is 7.37. The Hall–Kier alpha value is -2.17. The van der Waals surface area contributed by atoms with Crippen molar-refractivity contribution in [1.82, 2.24) is 15.6 Å². The average Bonchev–Trinajstić information content (AvgIpc) is 3.07. The molecule has 0 aliphatic carbocycles. The van der Waals surface area contributed by atoms with Crippen molar-refractivity contribution in [3.63, 3.8) is 0 Å². The maximum atomic E-state index is 12.6. The molecule has 2 rings (SSSR count). The van der Waals surface area contributed by atoms with Gasteiger partial charge in [-0.3, -0.25) is 9.59 Å². The lowest BCUT2D eigenvalue weighted by molar-refractivity contribution is -0.141. The van der Waals surface area contributed by atoms with E-state index >= 15 is 0 Å². The van der Waals surface area contributed by atoms with Crippen molar-refractivity contribution in [3.8, 4) is 0 Å². The third-order valence-electron chi connectivity index (χ3n) is 4.06. The van der Waals surface area contributed by atoms with E-state index in [9.17, 15) is 14.4 Å². The van der Waals surface area contributed by atoms with E-state index in [0.29, 0.717) is 0 Å². The van der Waals surface area contributed by atoms with Crippen LogP contribution in [0.25, 0.3) is 10.9 Å². The first-order valence-electron chi connectivity index (χ1n) is 8.23. The number of hydrogen-bond acceptors (Lipinski definition) is 6. The molecule has 8 nitrogen and oxygen atoms in total. The summed E-state index contributed by atoms with van der Waals surface area (Å²) >= 11 is 7.92. The molecule has 146 valence electrons. The maximum absolute atomic E-state index is 12.6. The molecule has 0 bridgehead atoms. The predicted octanol–water partition coefficient (Wildman–Crippen LogP) is -0.0485. The van der Waals surface area contributed by atoms with Gasteiger partial charge in [-0.15, -0.1) is 0 Å². The number of para-hydroxylation sites is 1. The number of hydrogen-bond donors (Lipinski definition) is 7. The van der Waals surface area contributed by atoms with Gasteiger partial charge in [-0.05, 0) is 11.6 Å². The van der Waals surface area contributed by atoms with Crippen molar-refractivity contribution in [2.75, 3.05) is 11.5 Å². The first-order valence-corrected chi connectivity index (χ1v) is 9.49. The lowest BCUT2D eigenvalue weighted by Gasteiger charge is -2.22. The van der Waals surface area contributed by atoms with E-state index in [0.717, 1.165) is 16.5 Å². The van der Waals surface area contributed by atoms with Crippen molar-refractivity contribution in [2.45, 2.75) is 24.5 Å². The van der Waals surface area contributed by atoms with E-state index in [2.05, 4.69) is 40.9 Å². The molecule has 3 atom stereocenters. The van der Waals surface area contributed by atoms with Gasteiger partial charge in [0.2, 0.25) is 11.8 Å². The Morgan fingerprint density at radius 1 is 1.07 bits per heavy atom. The van der Waals surface area contributed by atoms with Gasteiger partial charge in [-0.1, -0.05) is 18.2 Å². The lowest BCUT2D eigenvalue weighted by atomic mass is 10.0. The second-order valence-electron chi connectivity index (χ2n) is 6.00. The van der Waals surface area contributed by atoms with Crippen LogP contribution >= 0.6 is 25.3 Å². The molecular weight excluding hydrogens is 388 g/mol. The average molecular weight is 411 g/mol. The number of carbonyl (C=O) groups excluding carboxylic acids is 2. The Kier molecular flexibility index (Phi) is 7.57. The van der Waals surface area contributed by atoms with E-state index < -0.39 is 35.9 Å². The molecule has 1 aromatic heterocycles. The summed E-state index contributed by atoms with van der Waals surface area (Å²) in [6.45, 7) is 0. The number of H-pyrrole nitrogens is 1. The van der Waals surface area contributed by atoms with E-state index in [1.54, 1.807) is 6.20 Å². The van der Waals surface area contributed by atoms with Gasteiger partial charge in [0.15, 0.2) is 0 Å². The fraction of sp³-hybridized carbons (Fsp3) is 0.353. The molecule has 10 heteroatoms. The SMILES string of the molecule is N[C@@H](CS)C(=O)N[C@@H](Cc1c[nH]c2ccccc12)C(=O)N[C@@H](CS)C(=O)O. The topological polar surface area (TPSA) is 137 Å². The number of carbonyl (C=O) groups is 3. The number of aliphatic carboxylic acids is 1. The van der Waals surface area contributed by atoms with Crippen LogP contribution in [0.1, 0.15) is 5.56 Å². The molecular formula is C17H22N4O4S2. The highest BCUT2D eigenvalue weighted by molar-refractivity contribution is 7.80. The van der Waals surface area contributed by atoms with Crippen molar-refractivity contribution >= 4 is 53.9 Å². The fourth-order valence-electron chi connectivity index (χ4n) is 2.55. The zero-order chi connectivity index (χ0) is 20.0. The van der Waals surface area contributed by atoms with Gasteiger partial charge in [-0.25, -0.2) is 4.79 Å². The quantitative estimate of drug-likeness (QED) is 0.291. The number of carboxylic acids is 1. The summed E-state index contributed by atoms with van der Waals surface area (Å²) in [7, 11) is 0. The zero-order valence-corrected chi connectivity index (χ0v) is 16.2. The standard InChI is InChI=1S/C17H22N4O4S2/c18-11(7-26)15(22)20-13(16(23)21-14(8-27)17(24)25)5-9-6-19-12-4-2-1-3-10(9)12/h1-4,6,11,13-14,19,26-27H,5,7-8,18H2,(H,20,22)(H,21,23)(H,24,25)/t11-,13-,14-/m0/s1. The van der Waals surface area contributed by atoms with E-state index in [-0.39, 0.29) is 17.9 Å². The summed E-state index contributed by atoms with van der Waals surface area (Å²) in [6, 6.07) is 4.49. The van der Waals surface area contributed by atoms with Crippen molar-refractivity contribution in [3.05, 3.63) is 36.0 Å². The molecule has 0 fully saturated rings. The first kappa shape index (κ1) is 21.1. The van der Waals surface area contributed by atoms with E-state index in [1.807, 2.05) is 24.3 Å². The molecule has 0 aliphatic rings. The van der Waals surface area contributed by atoms with Gasteiger partial charge in [0.05, 0.1) is 6.04 Å². The number of thiol groups is 2. The maximum Gasteiger partial charge on any atom is 0.327 e. The molecule has 0 aliphatic heterocycles. The minimum absolute atomic E-state index is 0.0784. The highest BCUT2D eigenvalue weighted by atomic mass is 32.1. The molecule has 6 N–H and O–H groups in total. The van der Waals surface area contributed by atoms with Crippen LogP contribution in [0.5, 0.6) is 0 Å². The summed E-state index contributed by atoms with van der Waals surface area (Å²) < 4.78 is 0. The number of amides is 2. The lowest BCUT2D eigenvalue weighted by Crippen LogP contribution is -2.55. The second kappa shape index (κ2) is 9.67. The second-order valence-corrected chi connectivity index (χ2v) is 6.73. The molecule has 1 heterocycles. The van der Waals surface area contributed by atoms with Gasteiger partial charge in [0.1, 0.15) is 12.1 Å². The van der Waals surface area contributed by atoms with E-state index in [4.69, 9.17) is 10.8 Å². The van der Waals surface area contributed by atoms with Crippen LogP contribution in [0.15, 0.2) is 30.5 Å². The normalized spacial score (nSPS) is 14.3. The highest BCUT2D eigenvalue weighted by Crippen LogP contribution is 2.19. The summed E-state index contributed by atoms with van der Waals surface area (Å²) in [5, 5.41) is 15.0. The number of fused-ring (bicyclic) bond motifs is 1. The zero-order valence-electron chi connectivity index (χ0n) is 14.4. The Balaban J connectivity index is 2.24. The summed E-state index contributed by atoms with van der Waals surface area (Å²) in [5.74, 6) is -2.33. The fourth-order valence-corrected chi connectivity index (χ4v) is 2.96. The van der Waals surface area contributed by atoms with Crippen molar-refractivity contribution in [2.24, 2.45) is 5.73 Å². The summed E-state index contributed by atoms with van der Waals surface area (Å²) in [4.78, 5) is 39.1. The number of rotatable bonds is 9. The van der Waals surface area contributed by atoms with Crippen LogP contribution in [0.3, 0.4) is 0 Å². The Bertz CT molecular complexity index is 826. The number of nitrogens with one attached hydrogen (secondary N) is 3. The van der Waals surface area contributed by atoms with Crippen LogP contribution in [0.2, 0.25) is 0 Å². The van der Waals surface area contributed by atoms with Gasteiger partial charge in [0, 0.05) is 35.0 Å². The molecule has 0 radical (unpaired) electrons. The molecule has 0 unspecified atom stereocenters. The molecule has 2 aromatic rings. The van der Waals surface area contributed by atoms with Crippen molar-refractivity contribution in [1.29, 1.82) is 0 Å². The van der Waals surface area contributed by atoms with Crippen LogP contribution in [-0.2, 0) is 20.8 Å². The molecule has 2 amide bonds. The van der Waals surface area contributed by atoms with Crippen LogP contribution in [-0.4, -0.2) is 57.5 Å². The number of aromatic nitrogens is 1. The first-order chi connectivity index (χ1) is 12.9. The molecule has 0 saturated heterocycles. The van der Waals surface area contributed by atoms with Gasteiger partial charge in [-0.2, -0.15) is 25.3 Å². The minimum Gasteiger partial charge on any atom is -0.480 e. The monoisotopic (exact) mass is 410 g/mol. The van der Waals surface area contributed by atoms with E-state index in [1.165, 1.54) is 0 Å². The number of benzene rings is 1. The highest BCUT2D eigenvalue weighted by Gasteiger charge is 2.28. The molecule has 0 saturated carbocycles. The number of carboxylic acid groups (broad SMARTS) is 1. The van der Waals surface area contributed by atoms with Gasteiger partial charge in [0.25, 0.3) is 0 Å². The Morgan fingerprint density at radius 3 is 2.37 bits per heavy atom. The van der Waals surface area contributed by atoms with Crippen molar-refractivity contribution < 1.29 is 19.5 Å². The van der Waals surface area contributed by atoms with Gasteiger partial charge >= 0.3 is 5.97 Å². The smallest absolute Gasteiger partial charge is 0.327 e. The number of aromatic amines is 1. The molecule has 0 spiro atoms. The van der Waals surface area contributed by atoms with Crippen LogP contribution in [0, 0.1) is 0 Å². The third-order valence-corrected chi connectivity index (χ3v) is 4.82. The third kappa shape index (κ3) is 5.41. The van der Waals surface area contributed by atoms with Crippen LogP contribution in [0.4, 0.5) is 0 Å². The molecule has 1 aromatic carbocycles. The molecule has 27 heavy (non-hydrogen) atoms. The summed E-state index contributed by atoms with van der Waals surface area (Å²) in [6.07, 6.45) is 1.92. The Labute approximate surface area is 167 Å². The minimum atomic E-state index is -1.21. The number of nitrogens with two attached hydrogens (primary N) is 1.